The molecule has 0 unspecified atom stereocenters. The highest BCUT2D eigenvalue weighted by molar-refractivity contribution is 6.36. The summed E-state index contributed by atoms with van der Waals surface area (Å²) in [6.45, 7) is 0. The summed E-state index contributed by atoms with van der Waals surface area (Å²) in [6.07, 6.45) is 0. The van der Waals surface area contributed by atoms with E-state index in [1.807, 2.05) is 42.5 Å². The van der Waals surface area contributed by atoms with E-state index < -0.39 is 0 Å². The van der Waals surface area contributed by atoms with Crippen LogP contribution in [0.15, 0.2) is 120 Å². The van der Waals surface area contributed by atoms with Gasteiger partial charge in [0.05, 0.1) is 0 Å². The van der Waals surface area contributed by atoms with E-state index in [1.54, 1.807) is 0 Å². The van der Waals surface area contributed by atoms with E-state index in [0.29, 0.717) is 5.02 Å². The highest BCUT2D eigenvalue weighted by Gasteiger charge is 2.17. The molecular formula is C30H19ClO. The second-order valence-electron chi connectivity index (χ2n) is 7.92. The normalized spacial score (nSPS) is 11.3. The molecule has 0 fully saturated rings. The summed E-state index contributed by atoms with van der Waals surface area (Å²) < 4.78 is 6.14. The van der Waals surface area contributed by atoms with Gasteiger partial charge in [-0.2, -0.15) is 0 Å². The zero-order chi connectivity index (χ0) is 21.5. The molecule has 0 spiro atoms. The lowest BCUT2D eigenvalue weighted by atomic mass is 9.91. The van der Waals surface area contributed by atoms with Crippen molar-refractivity contribution in [2.45, 2.75) is 0 Å². The first-order valence-corrected chi connectivity index (χ1v) is 11.0. The zero-order valence-electron chi connectivity index (χ0n) is 17.3. The minimum absolute atomic E-state index is 0.716. The van der Waals surface area contributed by atoms with Crippen LogP contribution in [0.25, 0.3) is 55.3 Å². The largest absolute Gasteiger partial charge is 0.456 e. The molecule has 32 heavy (non-hydrogen) atoms. The molecule has 152 valence electrons. The molecule has 0 aliphatic carbocycles. The third-order valence-electron chi connectivity index (χ3n) is 5.93. The van der Waals surface area contributed by atoms with Gasteiger partial charge >= 0.3 is 0 Å². The lowest BCUT2D eigenvalue weighted by molar-refractivity contribution is 0.669. The Morgan fingerprint density at radius 3 is 1.69 bits per heavy atom. The molecular weight excluding hydrogens is 412 g/mol. The van der Waals surface area contributed by atoms with Crippen molar-refractivity contribution in [3.05, 3.63) is 120 Å². The van der Waals surface area contributed by atoms with Crippen molar-refractivity contribution in [2.75, 3.05) is 0 Å². The third kappa shape index (κ3) is 3.19. The average molecular weight is 431 g/mol. The molecule has 1 heterocycles. The Morgan fingerprint density at radius 1 is 0.469 bits per heavy atom. The van der Waals surface area contributed by atoms with Gasteiger partial charge < -0.3 is 4.42 Å². The van der Waals surface area contributed by atoms with Crippen molar-refractivity contribution in [3.8, 4) is 33.4 Å². The second-order valence-corrected chi connectivity index (χ2v) is 8.33. The average Bonchev–Trinajstić information content (AvgIpc) is 3.23. The standard InChI is InChI=1S/C30H19ClO/c31-26-15-16-28-30(25-13-7-8-14-27(25)32-28)29(26)24-18-22(20-9-3-1-4-10-20)17-23(19-24)21-11-5-2-6-12-21/h1-19H. The molecule has 0 atom stereocenters. The molecule has 0 bridgehead atoms. The van der Waals surface area contributed by atoms with E-state index in [2.05, 4.69) is 72.8 Å². The molecule has 0 radical (unpaired) electrons. The highest BCUT2D eigenvalue weighted by Crippen LogP contribution is 2.43. The van der Waals surface area contributed by atoms with Gasteiger partial charge in [-0.15, -0.1) is 0 Å². The number of rotatable bonds is 3. The monoisotopic (exact) mass is 430 g/mol. The van der Waals surface area contributed by atoms with Gasteiger partial charge in [0.15, 0.2) is 0 Å². The summed E-state index contributed by atoms with van der Waals surface area (Å²) in [5, 5.41) is 2.84. The van der Waals surface area contributed by atoms with E-state index in [1.165, 1.54) is 11.1 Å². The van der Waals surface area contributed by atoms with Crippen molar-refractivity contribution in [3.63, 3.8) is 0 Å². The summed E-state index contributed by atoms with van der Waals surface area (Å²) in [6, 6.07) is 39.7. The molecule has 1 nitrogen and oxygen atoms in total. The predicted molar refractivity (Wildman–Crippen MR) is 135 cm³/mol. The first kappa shape index (κ1) is 18.9. The summed E-state index contributed by atoms with van der Waals surface area (Å²) in [7, 11) is 0. The molecule has 0 amide bonds. The fourth-order valence-corrected chi connectivity index (χ4v) is 4.71. The number of furan rings is 1. The molecule has 0 aliphatic heterocycles. The van der Waals surface area contributed by atoms with Crippen LogP contribution in [0.5, 0.6) is 0 Å². The Hall–Kier alpha value is -3.81. The Labute approximate surface area is 191 Å². The Kier molecular flexibility index (Phi) is 4.56. The summed E-state index contributed by atoms with van der Waals surface area (Å²) in [5.41, 5.74) is 8.45. The Balaban J connectivity index is 1.69. The van der Waals surface area contributed by atoms with Crippen LogP contribution < -0.4 is 0 Å². The molecule has 1 aromatic heterocycles. The molecule has 0 aliphatic rings. The fraction of sp³-hybridized carbons (Fsp3) is 0. The first-order valence-electron chi connectivity index (χ1n) is 10.6. The molecule has 0 N–H and O–H groups in total. The lowest BCUT2D eigenvalue weighted by Crippen LogP contribution is -1.88. The van der Waals surface area contributed by atoms with Crippen molar-refractivity contribution < 1.29 is 4.42 Å². The number of hydrogen-bond acceptors (Lipinski definition) is 1. The van der Waals surface area contributed by atoms with Crippen molar-refractivity contribution in [1.29, 1.82) is 0 Å². The summed E-state index contributed by atoms with van der Waals surface area (Å²) in [5.74, 6) is 0. The molecule has 6 rings (SSSR count). The molecule has 5 aromatic carbocycles. The smallest absolute Gasteiger partial charge is 0.136 e. The van der Waals surface area contributed by atoms with E-state index in [9.17, 15) is 0 Å². The molecule has 2 heteroatoms. The Bertz CT molecular complexity index is 1510. The van der Waals surface area contributed by atoms with Crippen LogP contribution in [0.3, 0.4) is 0 Å². The Morgan fingerprint density at radius 2 is 1.03 bits per heavy atom. The molecule has 6 aromatic rings. The van der Waals surface area contributed by atoms with Gasteiger partial charge in [-0.05, 0) is 64.2 Å². The predicted octanol–water partition coefficient (Wildman–Crippen LogP) is 9.24. The van der Waals surface area contributed by atoms with Crippen molar-refractivity contribution in [1.82, 2.24) is 0 Å². The van der Waals surface area contributed by atoms with Crippen LogP contribution >= 0.6 is 11.6 Å². The van der Waals surface area contributed by atoms with E-state index in [0.717, 1.165) is 44.2 Å². The van der Waals surface area contributed by atoms with Gasteiger partial charge in [0.25, 0.3) is 0 Å². The SMILES string of the molecule is Clc1ccc2oc3ccccc3c2c1-c1cc(-c2ccccc2)cc(-c2ccccc2)c1. The number of para-hydroxylation sites is 1. The van der Waals surface area contributed by atoms with Gasteiger partial charge in [-0.1, -0.05) is 90.5 Å². The fourth-order valence-electron chi connectivity index (χ4n) is 4.44. The van der Waals surface area contributed by atoms with Gasteiger partial charge in [0, 0.05) is 21.4 Å². The number of benzene rings is 5. The van der Waals surface area contributed by atoms with Crippen LogP contribution in [0.1, 0.15) is 0 Å². The van der Waals surface area contributed by atoms with Crippen LogP contribution in [-0.2, 0) is 0 Å². The van der Waals surface area contributed by atoms with E-state index in [4.69, 9.17) is 16.0 Å². The minimum Gasteiger partial charge on any atom is -0.456 e. The van der Waals surface area contributed by atoms with Crippen LogP contribution in [0.2, 0.25) is 5.02 Å². The van der Waals surface area contributed by atoms with E-state index in [-0.39, 0.29) is 0 Å². The maximum Gasteiger partial charge on any atom is 0.136 e. The maximum atomic E-state index is 6.85. The second kappa shape index (κ2) is 7.71. The number of halogens is 1. The topological polar surface area (TPSA) is 13.1 Å². The maximum absolute atomic E-state index is 6.85. The lowest BCUT2D eigenvalue weighted by Gasteiger charge is -2.13. The van der Waals surface area contributed by atoms with Crippen molar-refractivity contribution >= 4 is 33.5 Å². The van der Waals surface area contributed by atoms with Gasteiger partial charge in [0.1, 0.15) is 11.2 Å². The van der Waals surface area contributed by atoms with Crippen LogP contribution in [0, 0.1) is 0 Å². The van der Waals surface area contributed by atoms with E-state index >= 15 is 0 Å². The third-order valence-corrected chi connectivity index (χ3v) is 6.24. The van der Waals surface area contributed by atoms with Crippen molar-refractivity contribution in [2.24, 2.45) is 0 Å². The van der Waals surface area contributed by atoms with Gasteiger partial charge in [-0.3, -0.25) is 0 Å². The number of fused-ring (bicyclic) bond motifs is 3. The first-order chi connectivity index (χ1) is 15.8. The molecule has 0 saturated heterocycles. The molecule has 0 saturated carbocycles. The number of hydrogen-bond donors (Lipinski definition) is 0. The summed E-state index contributed by atoms with van der Waals surface area (Å²) >= 11 is 6.85. The highest BCUT2D eigenvalue weighted by atomic mass is 35.5. The zero-order valence-corrected chi connectivity index (χ0v) is 18.0. The van der Waals surface area contributed by atoms with Crippen LogP contribution in [-0.4, -0.2) is 0 Å². The summed E-state index contributed by atoms with van der Waals surface area (Å²) in [4.78, 5) is 0. The quantitative estimate of drug-likeness (QED) is 0.272. The van der Waals surface area contributed by atoms with Crippen LogP contribution in [0.4, 0.5) is 0 Å². The van der Waals surface area contributed by atoms with Gasteiger partial charge in [0.2, 0.25) is 0 Å². The van der Waals surface area contributed by atoms with Gasteiger partial charge in [-0.25, -0.2) is 0 Å². The minimum atomic E-state index is 0.716.